The largest absolute Gasteiger partial charge is 0.497 e. The van der Waals surface area contributed by atoms with E-state index < -0.39 is 0 Å². The van der Waals surface area contributed by atoms with Gasteiger partial charge in [0.25, 0.3) is 5.91 Å². The minimum atomic E-state index is -0.223. The summed E-state index contributed by atoms with van der Waals surface area (Å²) in [7, 11) is 1.56. The first-order chi connectivity index (χ1) is 10.6. The van der Waals surface area contributed by atoms with Crippen LogP contribution >= 0.6 is 27.5 Å². The predicted molar refractivity (Wildman–Crippen MR) is 91.4 cm³/mol. The molecule has 5 heteroatoms. The molecule has 0 unspecified atom stereocenters. The van der Waals surface area contributed by atoms with Crippen LogP contribution in [0.25, 0.3) is 0 Å². The summed E-state index contributed by atoms with van der Waals surface area (Å²) in [4.78, 5) is 12.1. The second-order valence-corrected chi connectivity index (χ2v) is 5.57. The van der Waals surface area contributed by atoms with E-state index in [2.05, 4.69) is 33.1 Å². The third-order valence-corrected chi connectivity index (χ3v) is 3.87. The lowest BCUT2D eigenvalue weighted by molar-refractivity contribution is 0.0957. The van der Waals surface area contributed by atoms with Crippen LogP contribution in [0.15, 0.2) is 46.9 Å². The van der Waals surface area contributed by atoms with Crippen molar-refractivity contribution in [1.82, 2.24) is 5.32 Å². The molecule has 0 fully saturated rings. The molecule has 0 saturated carbocycles. The number of carbonyl (C=O) groups is 1. The molecule has 2 aromatic carbocycles. The molecule has 2 rings (SSSR count). The SMILES string of the molecule is COc1ccc(Br)c(C(=O)NCC#Cc2ccccc2Cl)c1. The van der Waals surface area contributed by atoms with Crippen molar-refractivity contribution in [2.45, 2.75) is 0 Å². The topological polar surface area (TPSA) is 38.3 Å². The Kier molecular flexibility index (Phi) is 5.88. The van der Waals surface area contributed by atoms with Crippen LogP contribution in [0.2, 0.25) is 5.02 Å². The van der Waals surface area contributed by atoms with Crippen LogP contribution in [0.4, 0.5) is 0 Å². The van der Waals surface area contributed by atoms with E-state index in [0.29, 0.717) is 20.8 Å². The van der Waals surface area contributed by atoms with Crippen molar-refractivity contribution in [2.75, 3.05) is 13.7 Å². The van der Waals surface area contributed by atoms with Gasteiger partial charge in [0.2, 0.25) is 0 Å². The Morgan fingerprint density at radius 2 is 2.09 bits per heavy atom. The van der Waals surface area contributed by atoms with Crippen LogP contribution in [0.1, 0.15) is 15.9 Å². The summed E-state index contributed by atoms with van der Waals surface area (Å²) in [6, 6.07) is 12.5. The summed E-state index contributed by atoms with van der Waals surface area (Å²) in [5.74, 6) is 6.20. The molecule has 0 aliphatic heterocycles. The number of hydrogen-bond acceptors (Lipinski definition) is 2. The molecular weight excluding hydrogens is 366 g/mol. The van der Waals surface area contributed by atoms with Gasteiger partial charge in [-0.2, -0.15) is 0 Å². The fourth-order valence-electron chi connectivity index (χ4n) is 1.73. The molecule has 22 heavy (non-hydrogen) atoms. The highest BCUT2D eigenvalue weighted by Gasteiger charge is 2.10. The number of benzene rings is 2. The van der Waals surface area contributed by atoms with E-state index in [1.165, 1.54) is 0 Å². The van der Waals surface area contributed by atoms with E-state index in [4.69, 9.17) is 16.3 Å². The molecule has 0 saturated heterocycles. The highest BCUT2D eigenvalue weighted by atomic mass is 79.9. The fourth-order valence-corrected chi connectivity index (χ4v) is 2.34. The first-order valence-corrected chi connectivity index (χ1v) is 7.64. The Hall–Kier alpha value is -1.96. The van der Waals surface area contributed by atoms with Gasteiger partial charge in [0.05, 0.1) is 24.2 Å². The van der Waals surface area contributed by atoms with Gasteiger partial charge < -0.3 is 10.1 Å². The second kappa shape index (κ2) is 7.88. The molecule has 2 aromatic rings. The van der Waals surface area contributed by atoms with Gasteiger partial charge in [0, 0.05) is 10.0 Å². The highest BCUT2D eigenvalue weighted by Crippen LogP contribution is 2.22. The standard InChI is InChI=1S/C17H13BrClNO2/c1-22-13-8-9-15(18)14(11-13)17(21)20-10-4-6-12-5-2-3-7-16(12)19/h2-3,5,7-9,11H,10H2,1H3,(H,20,21). The van der Waals surface area contributed by atoms with Crippen molar-refractivity contribution in [3.63, 3.8) is 0 Å². The fraction of sp³-hybridized carbons (Fsp3) is 0.118. The van der Waals surface area contributed by atoms with E-state index in [0.717, 1.165) is 5.56 Å². The van der Waals surface area contributed by atoms with Gasteiger partial charge >= 0.3 is 0 Å². The van der Waals surface area contributed by atoms with Gasteiger partial charge in [-0.3, -0.25) is 4.79 Å². The highest BCUT2D eigenvalue weighted by molar-refractivity contribution is 9.10. The molecule has 0 aromatic heterocycles. The Morgan fingerprint density at radius 1 is 1.32 bits per heavy atom. The second-order valence-electron chi connectivity index (χ2n) is 4.31. The van der Waals surface area contributed by atoms with E-state index >= 15 is 0 Å². The third-order valence-electron chi connectivity index (χ3n) is 2.85. The predicted octanol–water partition coefficient (Wildman–Crippen LogP) is 3.89. The lowest BCUT2D eigenvalue weighted by atomic mass is 10.2. The van der Waals surface area contributed by atoms with Crippen molar-refractivity contribution in [1.29, 1.82) is 0 Å². The Balaban J connectivity index is 2.01. The maximum atomic E-state index is 12.1. The lowest BCUT2D eigenvalue weighted by Crippen LogP contribution is -2.24. The van der Waals surface area contributed by atoms with E-state index in [1.807, 2.05) is 18.2 Å². The Morgan fingerprint density at radius 3 is 2.82 bits per heavy atom. The zero-order valence-corrected chi connectivity index (χ0v) is 14.2. The van der Waals surface area contributed by atoms with Gasteiger partial charge in [0.15, 0.2) is 0 Å². The normalized spacial score (nSPS) is 9.59. The number of methoxy groups -OCH3 is 1. The number of nitrogens with one attached hydrogen (secondary N) is 1. The average molecular weight is 379 g/mol. The molecular formula is C17H13BrClNO2. The number of amides is 1. The number of hydrogen-bond donors (Lipinski definition) is 1. The minimum Gasteiger partial charge on any atom is -0.497 e. The summed E-state index contributed by atoms with van der Waals surface area (Å²) in [6.07, 6.45) is 0. The van der Waals surface area contributed by atoms with E-state index in [1.54, 1.807) is 31.4 Å². The number of halogens is 2. The molecule has 0 atom stereocenters. The molecule has 0 spiro atoms. The first kappa shape index (κ1) is 16.4. The summed E-state index contributed by atoms with van der Waals surface area (Å²) in [5.41, 5.74) is 1.24. The van der Waals surface area contributed by atoms with Crippen LogP contribution < -0.4 is 10.1 Å². The smallest absolute Gasteiger partial charge is 0.253 e. The van der Waals surface area contributed by atoms with Crippen LogP contribution in [0.3, 0.4) is 0 Å². The minimum absolute atomic E-state index is 0.223. The molecule has 0 heterocycles. The molecule has 0 aliphatic rings. The molecule has 1 N–H and O–H groups in total. The van der Waals surface area contributed by atoms with Crippen molar-refractivity contribution in [3.8, 4) is 17.6 Å². The maximum absolute atomic E-state index is 12.1. The number of ether oxygens (including phenoxy) is 1. The number of rotatable bonds is 3. The molecule has 112 valence electrons. The average Bonchev–Trinajstić information content (AvgIpc) is 2.53. The van der Waals surface area contributed by atoms with Crippen LogP contribution in [-0.2, 0) is 0 Å². The van der Waals surface area contributed by atoms with Crippen molar-refractivity contribution >= 4 is 33.4 Å². The van der Waals surface area contributed by atoms with Gasteiger partial charge in [-0.25, -0.2) is 0 Å². The Bertz CT molecular complexity index is 750. The Labute approximate surface area is 142 Å². The summed E-state index contributed by atoms with van der Waals surface area (Å²) >= 11 is 9.35. The van der Waals surface area contributed by atoms with Crippen molar-refractivity contribution in [2.24, 2.45) is 0 Å². The zero-order chi connectivity index (χ0) is 15.9. The third kappa shape index (κ3) is 4.27. The monoisotopic (exact) mass is 377 g/mol. The lowest BCUT2D eigenvalue weighted by Gasteiger charge is -2.06. The summed E-state index contributed by atoms with van der Waals surface area (Å²) in [6.45, 7) is 0.230. The molecule has 0 radical (unpaired) electrons. The molecule has 1 amide bonds. The van der Waals surface area contributed by atoms with Crippen LogP contribution in [0.5, 0.6) is 5.75 Å². The number of carbonyl (C=O) groups excluding carboxylic acids is 1. The van der Waals surface area contributed by atoms with Crippen LogP contribution in [-0.4, -0.2) is 19.6 Å². The van der Waals surface area contributed by atoms with Crippen molar-refractivity contribution in [3.05, 3.63) is 63.1 Å². The molecule has 0 aliphatic carbocycles. The van der Waals surface area contributed by atoms with Crippen LogP contribution in [0, 0.1) is 11.8 Å². The van der Waals surface area contributed by atoms with Gasteiger partial charge in [-0.15, -0.1) is 0 Å². The quantitative estimate of drug-likeness (QED) is 0.823. The van der Waals surface area contributed by atoms with E-state index in [-0.39, 0.29) is 12.5 Å². The maximum Gasteiger partial charge on any atom is 0.253 e. The zero-order valence-electron chi connectivity index (χ0n) is 11.8. The first-order valence-electron chi connectivity index (χ1n) is 6.47. The van der Waals surface area contributed by atoms with Gasteiger partial charge in [0.1, 0.15) is 5.75 Å². The van der Waals surface area contributed by atoms with Gasteiger partial charge in [-0.05, 0) is 46.3 Å². The molecule has 3 nitrogen and oxygen atoms in total. The van der Waals surface area contributed by atoms with E-state index in [9.17, 15) is 4.79 Å². The molecule has 0 bridgehead atoms. The summed E-state index contributed by atoms with van der Waals surface area (Å²) in [5, 5.41) is 3.33. The summed E-state index contributed by atoms with van der Waals surface area (Å²) < 4.78 is 5.81. The van der Waals surface area contributed by atoms with Gasteiger partial charge in [-0.1, -0.05) is 35.6 Å². The van der Waals surface area contributed by atoms with Crippen molar-refractivity contribution < 1.29 is 9.53 Å².